The van der Waals surface area contributed by atoms with Gasteiger partial charge in [0.2, 0.25) is 0 Å². The highest BCUT2D eigenvalue weighted by molar-refractivity contribution is 5.85. The normalized spacial score (nSPS) is 17.8. The third-order valence-corrected chi connectivity index (χ3v) is 3.34. The number of rotatable bonds is 2. The highest BCUT2D eigenvalue weighted by atomic mass is 35.5. The number of nitrogens with zero attached hydrogens (tertiary/aromatic N) is 1. The molecule has 4 heteroatoms. The summed E-state index contributed by atoms with van der Waals surface area (Å²) in [5, 5.41) is 3.39. The summed E-state index contributed by atoms with van der Waals surface area (Å²) in [6, 6.07) is 9.26. The summed E-state index contributed by atoms with van der Waals surface area (Å²) in [5.74, 6) is 0. The lowest BCUT2D eigenvalue weighted by atomic mass is 10.0. The maximum Gasteiger partial charge on any atom is 0.0323 e. The molecule has 1 aromatic carbocycles. The summed E-state index contributed by atoms with van der Waals surface area (Å²) in [5.41, 5.74) is 2.88. The third kappa shape index (κ3) is 4.14. The van der Waals surface area contributed by atoms with Crippen molar-refractivity contribution in [2.24, 2.45) is 0 Å². The van der Waals surface area contributed by atoms with Crippen LogP contribution in [0.2, 0.25) is 0 Å². The Labute approximate surface area is 117 Å². The van der Waals surface area contributed by atoms with Crippen molar-refractivity contribution < 1.29 is 0 Å². The van der Waals surface area contributed by atoms with E-state index in [0.717, 1.165) is 26.2 Å². The minimum Gasteiger partial charge on any atom is -0.314 e. The van der Waals surface area contributed by atoms with Crippen LogP contribution in [0.3, 0.4) is 0 Å². The molecule has 98 valence electrons. The van der Waals surface area contributed by atoms with Gasteiger partial charge in [0.05, 0.1) is 0 Å². The molecular weight excluding hydrogens is 255 g/mol. The van der Waals surface area contributed by atoms with Crippen LogP contribution in [0, 0.1) is 6.92 Å². The van der Waals surface area contributed by atoms with Crippen LogP contribution >= 0.6 is 24.8 Å². The second-order valence-corrected chi connectivity index (χ2v) is 4.32. The van der Waals surface area contributed by atoms with E-state index in [1.54, 1.807) is 0 Å². The van der Waals surface area contributed by atoms with E-state index >= 15 is 0 Å². The monoisotopic (exact) mass is 276 g/mol. The molecule has 0 saturated carbocycles. The minimum atomic E-state index is 0. The summed E-state index contributed by atoms with van der Waals surface area (Å²) in [7, 11) is 0. The summed E-state index contributed by atoms with van der Waals surface area (Å²) in [6.45, 7) is 9.08. The maximum atomic E-state index is 3.39. The zero-order valence-electron chi connectivity index (χ0n) is 10.5. The van der Waals surface area contributed by atoms with E-state index < -0.39 is 0 Å². The van der Waals surface area contributed by atoms with Crippen molar-refractivity contribution in [3.05, 3.63) is 35.4 Å². The minimum absolute atomic E-state index is 0. The van der Waals surface area contributed by atoms with Gasteiger partial charge >= 0.3 is 0 Å². The average molecular weight is 277 g/mol. The van der Waals surface area contributed by atoms with Gasteiger partial charge in [0.1, 0.15) is 0 Å². The first-order valence-electron chi connectivity index (χ1n) is 5.79. The largest absolute Gasteiger partial charge is 0.314 e. The topological polar surface area (TPSA) is 15.3 Å². The van der Waals surface area contributed by atoms with E-state index in [1.165, 1.54) is 11.1 Å². The van der Waals surface area contributed by atoms with Crippen molar-refractivity contribution in [2.45, 2.75) is 19.9 Å². The molecule has 0 aliphatic carbocycles. The molecule has 0 radical (unpaired) electrons. The lowest BCUT2D eigenvalue weighted by Crippen LogP contribution is -2.44. The van der Waals surface area contributed by atoms with Crippen LogP contribution < -0.4 is 5.32 Å². The molecule has 2 nitrogen and oxygen atoms in total. The van der Waals surface area contributed by atoms with Gasteiger partial charge in [0, 0.05) is 32.2 Å². The number of hydrogen-bond donors (Lipinski definition) is 1. The van der Waals surface area contributed by atoms with Crippen LogP contribution in [0.15, 0.2) is 24.3 Å². The fourth-order valence-electron chi connectivity index (χ4n) is 2.32. The molecule has 0 unspecified atom stereocenters. The Morgan fingerprint density at radius 3 is 2.29 bits per heavy atom. The number of halogens is 2. The second-order valence-electron chi connectivity index (χ2n) is 4.32. The molecule has 1 fully saturated rings. The van der Waals surface area contributed by atoms with Crippen molar-refractivity contribution in [3.8, 4) is 0 Å². The Hall–Kier alpha value is -0.280. The predicted octanol–water partition coefficient (Wildman–Crippen LogP) is 2.80. The first kappa shape index (κ1) is 16.7. The molecule has 1 aliphatic heterocycles. The SMILES string of the molecule is Cc1ccccc1[C@@H](C)N1CCNCC1.Cl.Cl. The van der Waals surface area contributed by atoms with E-state index in [-0.39, 0.29) is 24.8 Å². The third-order valence-electron chi connectivity index (χ3n) is 3.34. The van der Waals surface area contributed by atoms with Crippen molar-refractivity contribution in [3.63, 3.8) is 0 Å². The van der Waals surface area contributed by atoms with Gasteiger partial charge in [-0.15, -0.1) is 24.8 Å². The Bertz CT molecular complexity index is 325. The average Bonchev–Trinajstić information content (AvgIpc) is 2.30. The fourth-order valence-corrected chi connectivity index (χ4v) is 2.32. The van der Waals surface area contributed by atoms with Crippen LogP contribution in [0.5, 0.6) is 0 Å². The quantitative estimate of drug-likeness (QED) is 0.894. The van der Waals surface area contributed by atoms with E-state index in [9.17, 15) is 0 Å². The first-order chi connectivity index (χ1) is 7.29. The Balaban J connectivity index is 0.00000128. The van der Waals surface area contributed by atoms with Crippen LogP contribution in [-0.4, -0.2) is 31.1 Å². The predicted molar refractivity (Wildman–Crippen MR) is 78.5 cm³/mol. The van der Waals surface area contributed by atoms with E-state index in [2.05, 4.69) is 48.3 Å². The summed E-state index contributed by atoms with van der Waals surface area (Å²) >= 11 is 0. The van der Waals surface area contributed by atoms with Gasteiger partial charge < -0.3 is 5.32 Å². The van der Waals surface area contributed by atoms with Gasteiger partial charge in [-0.1, -0.05) is 24.3 Å². The van der Waals surface area contributed by atoms with Gasteiger partial charge in [0.25, 0.3) is 0 Å². The first-order valence-corrected chi connectivity index (χ1v) is 5.79. The molecule has 1 heterocycles. The molecule has 0 spiro atoms. The lowest BCUT2D eigenvalue weighted by molar-refractivity contribution is 0.185. The molecular formula is C13H22Cl2N2. The summed E-state index contributed by atoms with van der Waals surface area (Å²) in [6.07, 6.45) is 0. The van der Waals surface area contributed by atoms with Gasteiger partial charge in [-0.25, -0.2) is 0 Å². The Morgan fingerprint density at radius 2 is 1.71 bits per heavy atom. The standard InChI is InChI=1S/C13H20N2.2ClH/c1-11-5-3-4-6-13(11)12(2)15-9-7-14-8-10-15;;/h3-6,12,14H,7-10H2,1-2H3;2*1H/t12-;;/m1../s1. The zero-order valence-corrected chi connectivity index (χ0v) is 12.1. The Morgan fingerprint density at radius 1 is 1.12 bits per heavy atom. The van der Waals surface area contributed by atoms with Gasteiger partial charge in [-0.2, -0.15) is 0 Å². The van der Waals surface area contributed by atoms with Crippen molar-refractivity contribution in [1.82, 2.24) is 10.2 Å². The van der Waals surface area contributed by atoms with E-state index in [0.29, 0.717) is 6.04 Å². The molecule has 0 amide bonds. The number of benzene rings is 1. The molecule has 2 rings (SSSR count). The van der Waals surface area contributed by atoms with Crippen molar-refractivity contribution in [2.75, 3.05) is 26.2 Å². The fraction of sp³-hybridized carbons (Fsp3) is 0.538. The number of nitrogens with one attached hydrogen (secondary N) is 1. The molecule has 1 N–H and O–H groups in total. The molecule has 17 heavy (non-hydrogen) atoms. The molecule has 1 atom stereocenters. The van der Waals surface area contributed by atoms with Crippen LogP contribution in [0.4, 0.5) is 0 Å². The number of hydrogen-bond acceptors (Lipinski definition) is 2. The van der Waals surface area contributed by atoms with E-state index in [1.807, 2.05) is 0 Å². The van der Waals surface area contributed by atoms with Gasteiger partial charge in [0.15, 0.2) is 0 Å². The van der Waals surface area contributed by atoms with Gasteiger partial charge in [-0.3, -0.25) is 4.90 Å². The van der Waals surface area contributed by atoms with Gasteiger partial charge in [-0.05, 0) is 25.0 Å². The molecule has 1 aliphatic rings. The molecule has 0 bridgehead atoms. The number of piperazine rings is 1. The molecule has 0 aromatic heterocycles. The Kier molecular flexibility index (Phi) is 7.80. The number of aryl methyl sites for hydroxylation is 1. The lowest BCUT2D eigenvalue weighted by Gasteiger charge is -2.33. The maximum absolute atomic E-state index is 3.39. The smallest absolute Gasteiger partial charge is 0.0323 e. The summed E-state index contributed by atoms with van der Waals surface area (Å²) in [4.78, 5) is 2.55. The van der Waals surface area contributed by atoms with Crippen molar-refractivity contribution >= 4 is 24.8 Å². The van der Waals surface area contributed by atoms with Crippen molar-refractivity contribution in [1.29, 1.82) is 0 Å². The molecule has 1 saturated heterocycles. The zero-order chi connectivity index (χ0) is 10.7. The highest BCUT2D eigenvalue weighted by Crippen LogP contribution is 2.23. The van der Waals surface area contributed by atoms with Crippen LogP contribution in [0.1, 0.15) is 24.1 Å². The van der Waals surface area contributed by atoms with Crippen LogP contribution in [-0.2, 0) is 0 Å². The van der Waals surface area contributed by atoms with Crippen LogP contribution in [0.25, 0.3) is 0 Å². The summed E-state index contributed by atoms with van der Waals surface area (Å²) < 4.78 is 0. The second kappa shape index (κ2) is 7.93. The van der Waals surface area contributed by atoms with E-state index in [4.69, 9.17) is 0 Å². The molecule has 1 aromatic rings. The highest BCUT2D eigenvalue weighted by Gasteiger charge is 2.18.